The molecule has 0 saturated carbocycles. The predicted molar refractivity (Wildman–Crippen MR) is 239 cm³/mol. The molecule has 0 radical (unpaired) electrons. The quantitative estimate of drug-likeness (QED) is 0.162. The first-order chi connectivity index (χ1) is 27.7. The van der Waals surface area contributed by atoms with Crippen molar-refractivity contribution in [2.24, 2.45) is 5.92 Å². The van der Waals surface area contributed by atoms with Crippen LogP contribution in [0.3, 0.4) is 0 Å². The fourth-order valence-electron chi connectivity index (χ4n) is 9.15. The molecule has 0 aliphatic heterocycles. The van der Waals surface area contributed by atoms with E-state index in [0.29, 0.717) is 5.92 Å². The summed E-state index contributed by atoms with van der Waals surface area (Å²) < 4.78 is 2.41. The molecule has 0 amide bonds. The standard InChI is InChI=1S/C54H40N2/c1-35-19-30-50-51(31-35)56(45-15-3-2-4-16-45)54(55-50)39-24-20-38(21-25-39)42-28-29-48-49(34-42)53(44-27-23-37-12-6-8-14-41(37)33-44)47-18-10-9-17-46(47)52(48)43-26-22-36-11-5-7-13-40(36)32-43/h3,5-30,32-35H,2,4,31H2,1H3. The van der Waals surface area contributed by atoms with E-state index in [0.717, 1.165) is 36.3 Å². The predicted octanol–water partition coefficient (Wildman–Crippen LogP) is 14.6. The average molecular weight is 717 g/mol. The Hall–Kier alpha value is -6.77. The van der Waals surface area contributed by atoms with E-state index in [9.17, 15) is 0 Å². The molecule has 2 nitrogen and oxygen atoms in total. The topological polar surface area (TPSA) is 17.8 Å². The number of hydrogen-bond donors (Lipinski definition) is 0. The number of aromatic nitrogens is 2. The van der Waals surface area contributed by atoms with Crippen molar-refractivity contribution >= 4 is 54.9 Å². The third kappa shape index (κ3) is 5.44. The van der Waals surface area contributed by atoms with Gasteiger partial charge in [0.25, 0.3) is 0 Å². The van der Waals surface area contributed by atoms with Gasteiger partial charge >= 0.3 is 0 Å². The molecule has 0 saturated heterocycles. The number of allylic oxidation sites excluding steroid dienone is 5. The first kappa shape index (κ1) is 32.6. The summed E-state index contributed by atoms with van der Waals surface area (Å²) in [6.45, 7) is 2.29. The molecule has 8 aromatic carbocycles. The number of fused-ring (bicyclic) bond motifs is 5. The average Bonchev–Trinajstić information content (AvgIpc) is 3.64. The van der Waals surface area contributed by atoms with Crippen molar-refractivity contribution < 1.29 is 0 Å². The van der Waals surface area contributed by atoms with Crippen LogP contribution in [0.1, 0.15) is 31.2 Å². The van der Waals surface area contributed by atoms with Crippen LogP contribution in [-0.2, 0) is 6.42 Å². The molecule has 0 bridgehead atoms. The molecular formula is C54H40N2. The van der Waals surface area contributed by atoms with Crippen LogP contribution in [0.2, 0.25) is 0 Å². The maximum Gasteiger partial charge on any atom is 0.145 e. The van der Waals surface area contributed by atoms with Gasteiger partial charge in [0, 0.05) is 11.3 Å². The van der Waals surface area contributed by atoms with Crippen molar-refractivity contribution in [1.82, 2.24) is 9.55 Å². The lowest BCUT2D eigenvalue weighted by molar-refractivity contribution is 0.690. The zero-order valence-corrected chi connectivity index (χ0v) is 31.4. The van der Waals surface area contributed by atoms with Crippen LogP contribution in [0.5, 0.6) is 0 Å². The Morgan fingerprint density at radius 2 is 1.07 bits per heavy atom. The van der Waals surface area contributed by atoms with Gasteiger partial charge in [0.2, 0.25) is 0 Å². The Morgan fingerprint density at radius 1 is 0.500 bits per heavy atom. The number of nitrogens with zero attached hydrogens (tertiary/aromatic N) is 2. The molecule has 2 heteroatoms. The SMILES string of the molecule is CC1C=Cc2nc(-c3ccc(-c4ccc5c(-c6ccc7ccccc7c6)c6ccccc6c(-c6ccc7ccccc7c6)c5c4)cc3)n(C3=CCCC=C3)c2C1. The summed E-state index contributed by atoms with van der Waals surface area (Å²) in [6.07, 6.45) is 14.6. The second-order valence-electron chi connectivity index (χ2n) is 15.5. The molecule has 0 N–H and O–H groups in total. The first-order valence-corrected chi connectivity index (χ1v) is 19.9. The Kier molecular flexibility index (Phi) is 7.70. The second kappa shape index (κ2) is 13.2. The van der Waals surface area contributed by atoms with Crippen LogP contribution in [0.4, 0.5) is 0 Å². The van der Waals surface area contributed by atoms with Gasteiger partial charge in [-0.1, -0.05) is 159 Å². The molecule has 0 spiro atoms. The third-order valence-corrected chi connectivity index (χ3v) is 11.9. The zero-order valence-electron chi connectivity index (χ0n) is 31.4. The van der Waals surface area contributed by atoms with E-state index in [1.165, 1.54) is 87.9 Å². The number of rotatable bonds is 5. The maximum absolute atomic E-state index is 5.23. The Labute approximate surface area is 327 Å². The monoisotopic (exact) mass is 716 g/mol. The highest BCUT2D eigenvalue weighted by atomic mass is 15.1. The molecule has 1 heterocycles. The zero-order chi connectivity index (χ0) is 37.2. The van der Waals surface area contributed by atoms with Gasteiger partial charge in [-0.3, -0.25) is 4.57 Å². The Morgan fingerprint density at radius 3 is 1.73 bits per heavy atom. The largest absolute Gasteiger partial charge is 0.296 e. The summed E-state index contributed by atoms with van der Waals surface area (Å²) in [4.78, 5) is 5.23. The van der Waals surface area contributed by atoms with Crippen LogP contribution in [-0.4, -0.2) is 9.55 Å². The van der Waals surface area contributed by atoms with Crippen LogP contribution >= 0.6 is 0 Å². The van der Waals surface area contributed by atoms with Crippen molar-refractivity contribution in [1.29, 1.82) is 0 Å². The fourth-order valence-corrected chi connectivity index (χ4v) is 9.15. The molecule has 11 rings (SSSR count). The molecule has 56 heavy (non-hydrogen) atoms. The van der Waals surface area contributed by atoms with Crippen LogP contribution in [0, 0.1) is 5.92 Å². The molecule has 1 aromatic heterocycles. The molecule has 9 aromatic rings. The molecule has 1 unspecified atom stereocenters. The minimum Gasteiger partial charge on any atom is -0.296 e. The number of imidazole rings is 1. The summed E-state index contributed by atoms with van der Waals surface area (Å²) in [5.74, 6) is 1.51. The van der Waals surface area contributed by atoms with Gasteiger partial charge < -0.3 is 0 Å². The lowest BCUT2D eigenvalue weighted by atomic mass is 9.84. The first-order valence-electron chi connectivity index (χ1n) is 19.9. The molecule has 2 aliphatic carbocycles. The lowest BCUT2D eigenvalue weighted by Crippen LogP contribution is -2.10. The number of benzene rings is 8. The van der Waals surface area contributed by atoms with Gasteiger partial charge in [-0.2, -0.15) is 0 Å². The highest BCUT2D eigenvalue weighted by Crippen LogP contribution is 2.46. The van der Waals surface area contributed by atoms with Crippen LogP contribution < -0.4 is 0 Å². The molecular weight excluding hydrogens is 677 g/mol. The van der Waals surface area contributed by atoms with E-state index >= 15 is 0 Å². The van der Waals surface area contributed by atoms with E-state index < -0.39 is 0 Å². The Balaban J connectivity index is 1.11. The smallest absolute Gasteiger partial charge is 0.145 e. The second-order valence-corrected chi connectivity index (χ2v) is 15.5. The normalized spacial score (nSPS) is 15.2. The third-order valence-electron chi connectivity index (χ3n) is 11.9. The van der Waals surface area contributed by atoms with Crippen molar-refractivity contribution in [2.75, 3.05) is 0 Å². The van der Waals surface area contributed by atoms with E-state index in [1.807, 2.05) is 0 Å². The van der Waals surface area contributed by atoms with Gasteiger partial charge in [-0.05, 0) is 132 Å². The van der Waals surface area contributed by atoms with Gasteiger partial charge in [0.1, 0.15) is 5.82 Å². The van der Waals surface area contributed by atoms with Gasteiger partial charge in [-0.25, -0.2) is 4.98 Å². The Bertz CT molecular complexity index is 3120. The van der Waals surface area contributed by atoms with Crippen molar-refractivity contribution in [2.45, 2.75) is 26.2 Å². The van der Waals surface area contributed by atoms with Crippen molar-refractivity contribution in [3.05, 3.63) is 187 Å². The van der Waals surface area contributed by atoms with E-state index in [-0.39, 0.29) is 0 Å². The van der Waals surface area contributed by atoms with Gasteiger partial charge in [-0.15, -0.1) is 0 Å². The molecule has 266 valence electrons. The summed E-state index contributed by atoms with van der Waals surface area (Å²) >= 11 is 0. The maximum atomic E-state index is 5.23. The molecule has 0 fully saturated rings. The summed E-state index contributed by atoms with van der Waals surface area (Å²) in [7, 11) is 0. The summed E-state index contributed by atoms with van der Waals surface area (Å²) in [5.41, 5.74) is 12.2. The summed E-state index contributed by atoms with van der Waals surface area (Å²) in [5, 5.41) is 10.0. The minimum absolute atomic E-state index is 0.493. The fraction of sp³-hybridized carbons (Fsp3) is 0.0926. The van der Waals surface area contributed by atoms with E-state index in [4.69, 9.17) is 4.98 Å². The van der Waals surface area contributed by atoms with E-state index in [2.05, 4.69) is 194 Å². The van der Waals surface area contributed by atoms with Crippen LogP contribution in [0.15, 0.2) is 176 Å². The summed E-state index contributed by atoms with van der Waals surface area (Å²) in [6, 6.07) is 56.3. The van der Waals surface area contributed by atoms with E-state index in [1.54, 1.807) is 0 Å². The van der Waals surface area contributed by atoms with Crippen molar-refractivity contribution in [3.63, 3.8) is 0 Å². The van der Waals surface area contributed by atoms with Gasteiger partial charge in [0.15, 0.2) is 0 Å². The van der Waals surface area contributed by atoms with Crippen LogP contribution in [0.25, 0.3) is 99.6 Å². The molecule has 2 aliphatic rings. The number of hydrogen-bond acceptors (Lipinski definition) is 1. The highest BCUT2D eigenvalue weighted by Gasteiger charge is 2.23. The lowest BCUT2D eigenvalue weighted by Gasteiger charge is -2.19. The minimum atomic E-state index is 0.493. The highest BCUT2D eigenvalue weighted by molar-refractivity contribution is 6.22. The van der Waals surface area contributed by atoms with Gasteiger partial charge in [0.05, 0.1) is 11.4 Å². The molecule has 1 atom stereocenters. The van der Waals surface area contributed by atoms with Crippen molar-refractivity contribution in [3.8, 4) is 44.8 Å².